The van der Waals surface area contributed by atoms with Crippen LogP contribution in [0.15, 0.2) is 0 Å². The van der Waals surface area contributed by atoms with Crippen LogP contribution in [0.3, 0.4) is 0 Å². The van der Waals surface area contributed by atoms with Crippen LogP contribution in [-0.4, -0.2) is 60.5 Å². The van der Waals surface area contributed by atoms with Gasteiger partial charge in [-0.15, -0.1) is 0 Å². The Morgan fingerprint density at radius 3 is 2.56 bits per heavy atom. The fraction of sp³-hybridized carbons (Fsp3) is 0.889. The molecule has 94 valence electrons. The van der Waals surface area contributed by atoms with Crippen LogP contribution in [0.2, 0.25) is 0 Å². The van der Waals surface area contributed by atoms with Gasteiger partial charge in [-0.05, 0) is 0 Å². The molecule has 5 atom stereocenters. The van der Waals surface area contributed by atoms with Crippen molar-refractivity contribution in [2.24, 2.45) is 0 Å². The SMILES string of the molecule is CO[C@H]1O[C@H](CF)[C@H](O)[C@H](O)[C@H]1NC(C)=O. The molecule has 0 aliphatic carbocycles. The van der Waals surface area contributed by atoms with Crippen molar-refractivity contribution in [1.29, 1.82) is 0 Å². The molecule has 16 heavy (non-hydrogen) atoms. The van der Waals surface area contributed by atoms with E-state index in [2.05, 4.69) is 5.32 Å². The molecule has 1 aliphatic rings. The van der Waals surface area contributed by atoms with Crippen LogP contribution >= 0.6 is 0 Å². The molecule has 7 heteroatoms. The number of rotatable bonds is 3. The Bertz CT molecular complexity index is 250. The number of ether oxygens (including phenoxy) is 2. The van der Waals surface area contributed by atoms with E-state index in [1.54, 1.807) is 0 Å². The Morgan fingerprint density at radius 2 is 2.12 bits per heavy atom. The third kappa shape index (κ3) is 2.67. The number of hydrogen-bond donors (Lipinski definition) is 3. The molecule has 0 aromatic heterocycles. The van der Waals surface area contributed by atoms with Gasteiger partial charge in [0.15, 0.2) is 6.29 Å². The quantitative estimate of drug-likeness (QED) is 0.559. The van der Waals surface area contributed by atoms with Crippen molar-refractivity contribution in [2.75, 3.05) is 13.8 Å². The highest BCUT2D eigenvalue weighted by molar-refractivity contribution is 5.73. The predicted molar refractivity (Wildman–Crippen MR) is 51.3 cm³/mol. The van der Waals surface area contributed by atoms with Gasteiger partial charge in [0.1, 0.15) is 31.0 Å². The summed E-state index contributed by atoms with van der Waals surface area (Å²) in [6.45, 7) is 0.317. The van der Waals surface area contributed by atoms with Crippen LogP contribution in [0.25, 0.3) is 0 Å². The van der Waals surface area contributed by atoms with Crippen LogP contribution < -0.4 is 5.32 Å². The number of amides is 1. The van der Waals surface area contributed by atoms with E-state index in [9.17, 15) is 19.4 Å². The number of hydrogen-bond acceptors (Lipinski definition) is 5. The number of alkyl halides is 1. The molecule has 3 N–H and O–H groups in total. The fourth-order valence-electron chi connectivity index (χ4n) is 1.65. The summed E-state index contributed by atoms with van der Waals surface area (Å²) in [6, 6.07) is -0.916. The summed E-state index contributed by atoms with van der Waals surface area (Å²) in [6.07, 6.45) is -4.86. The second kappa shape index (κ2) is 5.53. The number of methoxy groups -OCH3 is 1. The van der Waals surface area contributed by atoms with Gasteiger partial charge >= 0.3 is 0 Å². The average Bonchev–Trinajstić information content (AvgIpc) is 2.25. The maximum Gasteiger partial charge on any atom is 0.217 e. The van der Waals surface area contributed by atoms with Crippen molar-refractivity contribution in [1.82, 2.24) is 5.32 Å². The fourth-order valence-corrected chi connectivity index (χ4v) is 1.65. The molecule has 0 saturated carbocycles. The lowest BCUT2D eigenvalue weighted by Gasteiger charge is -2.41. The minimum absolute atomic E-state index is 0.402. The maximum absolute atomic E-state index is 12.5. The van der Waals surface area contributed by atoms with E-state index in [0.717, 1.165) is 0 Å². The summed E-state index contributed by atoms with van der Waals surface area (Å²) in [7, 11) is 1.30. The number of halogens is 1. The first-order valence-electron chi connectivity index (χ1n) is 4.88. The Hall–Kier alpha value is -0.760. The maximum atomic E-state index is 12.5. The molecular weight excluding hydrogens is 221 g/mol. The summed E-state index contributed by atoms with van der Waals surface area (Å²) in [5.74, 6) is -0.402. The lowest BCUT2D eigenvalue weighted by atomic mass is 9.97. The third-order valence-corrected chi connectivity index (χ3v) is 2.46. The smallest absolute Gasteiger partial charge is 0.217 e. The van der Waals surface area contributed by atoms with Gasteiger partial charge in [-0.3, -0.25) is 4.79 Å². The molecule has 0 unspecified atom stereocenters. The van der Waals surface area contributed by atoms with Gasteiger partial charge in [0.25, 0.3) is 0 Å². The zero-order chi connectivity index (χ0) is 12.3. The van der Waals surface area contributed by atoms with Crippen molar-refractivity contribution in [3.63, 3.8) is 0 Å². The van der Waals surface area contributed by atoms with E-state index in [-0.39, 0.29) is 0 Å². The lowest BCUT2D eigenvalue weighted by molar-refractivity contribution is -0.258. The molecule has 1 rings (SSSR count). The average molecular weight is 237 g/mol. The first-order valence-corrected chi connectivity index (χ1v) is 4.88. The summed E-state index contributed by atoms with van der Waals surface area (Å²) >= 11 is 0. The minimum Gasteiger partial charge on any atom is -0.388 e. The summed E-state index contributed by atoms with van der Waals surface area (Å²) < 4.78 is 22.4. The van der Waals surface area contributed by atoms with Crippen molar-refractivity contribution in [3.05, 3.63) is 0 Å². The van der Waals surface area contributed by atoms with Crippen LogP contribution in [0, 0.1) is 0 Å². The van der Waals surface area contributed by atoms with Gasteiger partial charge < -0.3 is 25.0 Å². The summed E-state index contributed by atoms with van der Waals surface area (Å²) in [5, 5.41) is 21.6. The van der Waals surface area contributed by atoms with Crippen LogP contribution in [-0.2, 0) is 14.3 Å². The van der Waals surface area contributed by atoms with Gasteiger partial charge in [0.2, 0.25) is 5.91 Å². The number of carbonyl (C=O) groups is 1. The standard InChI is InChI=1S/C9H16FNO5/c1-4(12)11-6-8(14)7(13)5(3-10)16-9(6)15-2/h5-9,13-14H,3H2,1-2H3,(H,11,12)/t5-,6-,7+,8-,9+/m1/s1. The first-order chi connectivity index (χ1) is 7.51. The Labute approximate surface area is 92.3 Å². The van der Waals surface area contributed by atoms with Crippen molar-refractivity contribution in [2.45, 2.75) is 37.6 Å². The number of aliphatic hydroxyl groups excluding tert-OH is 2. The predicted octanol–water partition coefficient (Wildman–Crippen LogP) is -1.45. The van der Waals surface area contributed by atoms with E-state index in [1.165, 1.54) is 14.0 Å². The molecule has 6 nitrogen and oxygen atoms in total. The normalized spacial score (nSPS) is 39.4. The highest BCUT2D eigenvalue weighted by atomic mass is 19.1. The molecule has 0 spiro atoms. The molecule has 1 aliphatic heterocycles. The topological polar surface area (TPSA) is 88.0 Å². The van der Waals surface area contributed by atoms with Crippen molar-refractivity contribution < 1.29 is 28.9 Å². The first kappa shape index (κ1) is 13.3. The molecule has 1 saturated heterocycles. The van der Waals surface area contributed by atoms with Crippen LogP contribution in [0.5, 0.6) is 0 Å². The Kier molecular flexibility index (Phi) is 4.60. The van der Waals surface area contributed by atoms with Crippen LogP contribution in [0.4, 0.5) is 4.39 Å². The second-order valence-electron chi connectivity index (χ2n) is 3.64. The summed E-state index contributed by atoms with van der Waals surface area (Å²) in [5.41, 5.74) is 0. The molecule has 0 aromatic carbocycles. The number of nitrogens with one attached hydrogen (secondary N) is 1. The van der Waals surface area contributed by atoms with Crippen LogP contribution in [0.1, 0.15) is 6.92 Å². The van der Waals surface area contributed by atoms with Crippen molar-refractivity contribution in [3.8, 4) is 0 Å². The van der Waals surface area contributed by atoms with E-state index in [4.69, 9.17) is 9.47 Å². The molecule has 1 amide bonds. The zero-order valence-corrected chi connectivity index (χ0v) is 9.09. The van der Waals surface area contributed by atoms with Gasteiger partial charge in [0, 0.05) is 14.0 Å². The van der Waals surface area contributed by atoms with Gasteiger partial charge in [-0.25, -0.2) is 4.39 Å². The molecule has 0 bridgehead atoms. The van der Waals surface area contributed by atoms with Gasteiger partial charge in [0.05, 0.1) is 0 Å². The Balaban J connectivity index is 2.77. The molecule has 1 fully saturated rings. The lowest BCUT2D eigenvalue weighted by Crippen LogP contribution is -2.64. The van der Waals surface area contributed by atoms with E-state index < -0.39 is 43.2 Å². The van der Waals surface area contributed by atoms with E-state index in [1.807, 2.05) is 0 Å². The molecule has 0 radical (unpaired) electrons. The molecular formula is C9H16FNO5. The van der Waals surface area contributed by atoms with E-state index in [0.29, 0.717) is 0 Å². The van der Waals surface area contributed by atoms with E-state index >= 15 is 0 Å². The Morgan fingerprint density at radius 1 is 1.50 bits per heavy atom. The second-order valence-corrected chi connectivity index (χ2v) is 3.64. The third-order valence-electron chi connectivity index (χ3n) is 2.46. The van der Waals surface area contributed by atoms with Gasteiger partial charge in [-0.2, -0.15) is 0 Å². The number of aliphatic hydroxyl groups is 2. The highest BCUT2D eigenvalue weighted by Crippen LogP contribution is 2.22. The van der Waals surface area contributed by atoms with Crippen molar-refractivity contribution >= 4 is 5.91 Å². The highest BCUT2D eigenvalue weighted by Gasteiger charge is 2.45. The summed E-state index contributed by atoms with van der Waals surface area (Å²) in [4.78, 5) is 10.9. The molecule has 1 heterocycles. The zero-order valence-electron chi connectivity index (χ0n) is 9.09. The number of carbonyl (C=O) groups excluding carboxylic acids is 1. The molecule has 0 aromatic rings. The largest absolute Gasteiger partial charge is 0.388 e. The van der Waals surface area contributed by atoms with Gasteiger partial charge in [-0.1, -0.05) is 0 Å². The minimum atomic E-state index is -1.40. The monoisotopic (exact) mass is 237 g/mol.